The van der Waals surface area contributed by atoms with E-state index in [1.165, 1.54) is 24.3 Å². The van der Waals surface area contributed by atoms with E-state index in [0.717, 1.165) is 0 Å². The second-order valence-corrected chi connectivity index (χ2v) is 6.58. The van der Waals surface area contributed by atoms with Crippen molar-refractivity contribution < 1.29 is 22.7 Å². The van der Waals surface area contributed by atoms with Crippen molar-refractivity contribution in [1.82, 2.24) is 10.3 Å². The van der Waals surface area contributed by atoms with Gasteiger partial charge in [0.05, 0.1) is 0 Å². The van der Waals surface area contributed by atoms with Gasteiger partial charge in [0.25, 0.3) is 5.91 Å². The van der Waals surface area contributed by atoms with Crippen molar-refractivity contribution in [1.29, 1.82) is 0 Å². The van der Waals surface area contributed by atoms with Crippen LogP contribution in [0.25, 0.3) is 11.1 Å². The Morgan fingerprint density at radius 1 is 1.19 bits per heavy atom. The summed E-state index contributed by atoms with van der Waals surface area (Å²) in [6.45, 7) is 1.11. The molecule has 1 heterocycles. The highest BCUT2D eigenvalue weighted by molar-refractivity contribution is 5.94. The highest BCUT2D eigenvalue weighted by atomic mass is 19.3. The second kappa shape index (κ2) is 8.16. The Bertz CT molecular complexity index is 891. The number of amides is 1. The van der Waals surface area contributed by atoms with Crippen LogP contribution in [0.3, 0.4) is 0 Å². The second-order valence-electron chi connectivity index (χ2n) is 6.58. The Labute approximate surface area is 155 Å². The standard InChI is InChI=1S/C20H20F2N2O3/c1-12(2)10-16(19-24-15-8-3-4-9-17(15)27-19)23-18(25)13-6-5-7-14(11-13)26-20(21)22/h3-9,11-12,16,20H,10H2,1-2H3,(H,23,25)/t16-/m0/s1. The summed E-state index contributed by atoms with van der Waals surface area (Å²) >= 11 is 0. The van der Waals surface area contributed by atoms with Crippen LogP contribution in [0.4, 0.5) is 8.78 Å². The fraction of sp³-hybridized carbons (Fsp3) is 0.300. The van der Waals surface area contributed by atoms with E-state index in [-0.39, 0.29) is 17.2 Å². The molecule has 0 bridgehead atoms. The quantitative estimate of drug-likeness (QED) is 0.636. The summed E-state index contributed by atoms with van der Waals surface area (Å²) in [5.74, 6) is 0.208. The number of hydrogen-bond donors (Lipinski definition) is 1. The van der Waals surface area contributed by atoms with Gasteiger partial charge in [0, 0.05) is 5.56 Å². The fourth-order valence-corrected chi connectivity index (χ4v) is 2.79. The molecular formula is C20H20F2N2O3. The Kier molecular flexibility index (Phi) is 5.69. The van der Waals surface area contributed by atoms with Crippen LogP contribution in [0.2, 0.25) is 0 Å². The summed E-state index contributed by atoms with van der Waals surface area (Å²) in [6, 6.07) is 12.6. The molecule has 1 atom stereocenters. The predicted octanol–water partition coefficient (Wildman–Crippen LogP) is 4.95. The van der Waals surface area contributed by atoms with Crippen molar-refractivity contribution in [3.8, 4) is 5.75 Å². The number of ether oxygens (including phenoxy) is 1. The SMILES string of the molecule is CC(C)C[C@H](NC(=O)c1cccc(OC(F)F)c1)c1nc2ccccc2o1. The molecule has 0 radical (unpaired) electrons. The molecule has 1 N–H and O–H groups in total. The number of fused-ring (bicyclic) bond motifs is 1. The minimum atomic E-state index is -2.95. The molecule has 0 unspecified atom stereocenters. The Hall–Kier alpha value is -2.96. The number of rotatable bonds is 7. The molecule has 0 aliphatic carbocycles. The maximum Gasteiger partial charge on any atom is 0.387 e. The Balaban J connectivity index is 1.83. The third kappa shape index (κ3) is 4.81. The van der Waals surface area contributed by atoms with E-state index < -0.39 is 18.6 Å². The topological polar surface area (TPSA) is 64.4 Å². The largest absolute Gasteiger partial charge is 0.438 e. The van der Waals surface area contributed by atoms with Crippen LogP contribution >= 0.6 is 0 Å². The van der Waals surface area contributed by atoms with Crippen LogP contribution in [0.1, 0.15) is 42.6 Å². The van der Waals surface area contributed by atoms with Gasteiger partial charge in [-0.25, -0.2) is 4.98 Å². The first kappa shape index (κ1) is 18.8. The van der Waals surface area contributed by atoms with E-state index in [4.69, 9.17) is 4.42 Å². The van der Waals surface area contributed by atoms with Crippen molar-refractivity contribution >= 4 is 17.0 Å². The first-order chi connectivity index (χ1) is 12.9. The monoisotopic (exact) mass is 374 g/mol. The van der Waals surface area contributed by atoms with Gasteiger partial charge in [-0.15, -0.1) is 0 Å². The highest BCUT2D eigenvalue weighted by Gasteiger charge is 2.22. The fourth-order valence-electron chi connectivity index (χ4n) is 2.79. The van der Waals surface area contributed by atoms with Crippen molar-refractivity contribution in [3.63, 3.8) is 0 Å². The lowest BCUT2D eigenvalue weighted by Gasteiger charge is -2.18. The molecular weight excluding hydrogens is 354 g/mol. The average Bonchev–Trinajstić information content (AvgIpc) is 3.04. The summed E-state index contributed by atoms with van der Waals surface area (Å²) in [6.07, 6.45) is 0.617. The first-order valence-corrected chi connectivity index (χ1v) is 8.63. The summed E-state index contributed by atoms with van der Waals surface area (Å²) < 4.78 is 34.9. The number of nitrogens with zero attached hydrogens (tertiary/aromatic N) is 1. The molecule has 5 nitrogen and oxygen atoms in total. The Morgan fingerprint density at radius 3 is 2.67 bits per heavy atom. The van der Waals surface area contributed by atoms with Gasteiger partial charge in [-0.05, 0) is 42.7 Å². The maximum atomic E-state index is 12.6. The number of alkyl halides is 2. The highest BCUT2D eigenvalue weighted by Crippen LogP contribution is 2.25. The zero-order valence-electron chi connectivity index (χ0n) is 15.0. The van der Waals surface area contributed by atoms with Crippen LogP contribution in [0.15, 0.2) is 52.9 Å². The molecule has 0 fully saturated rings. The molecule has 27 heavy (non-hydrogen) atoms. The summed E-state index contributed by atoms with van der Waals surface area (Å²) in [5, 5.41) is 2.88. The van der Waals surface area contributed by atoms with Crippen molar-refractivity contribution in [2.75, 3.05) is 0 Å². The molecule has 1 aromatic heterocycles. The van der Waals surface area contributed by atoms with Crippen LogP contribution < -0.4 is 10.1 Å². The number of hydrogen-bond acceptors (Lipinski definition) is 4. The number of nitrogens with one attached hydrogen (secondary N) is 1. The van der Waals surface area contributed by atoms with Crippen molar-refractivity contribution in [2.45, 2.75) is 32.9 Å². The van der Waals surface area contributed by atoms with Crippen LogP contribution in [-0.4, -0.2) is 17.5 Å². The molecule has 7 heteroatoms. The number of para-hydroxylation sites is 2. The minimum absolute atomic E-state index is 0.0695. The molecule has 0 spiro atoms. The summed E-state index contributed by atoms with van der Waals surface area (Å²) in [5.41, 5.74) is 1.57. The lowest BCUT2D eigenvalue weighted by Crippen LogP contribution is -2.29. The maximum absolute atomic E-state index is 12.6. The van der Waals surface area contributed by atoms with E-state index in [2.05, 4.69) is 15.0 Å². The van der Waals surface area contributed by atoms with E-state index in [9.17, 15) is 13.6 Å². The van der Waals surface area contributed by atoms with E-state index in [1.807, 2.05) is 38.1 Å². The predicted molar refractivity (Wildman–Crippen MR) is 96.7 cm³/mol. The third-order valence-electron chi connectivity index (χ3n) is 3.94. The summed E-state index contributed by atoms with van der Waals surface area (Å²) in [4.78, 5) is 17.1. The van der Waals surface area contributed by atoms with Gasteiger partial charge in [-0.2, -0.15) is 8.78 Å². The van der Waals surface area contributed by atoms with E-state index in [1.54, 1.807) is 0 Å². The van der Waals surface area contributed by atoms with Gasteiger partial charge < -0.3 is 14.5 Å². The molecule has 142 valence electrons. The number of aromatic nitrogens is 1. The average molecular weight is 374 g/mol. The van der Waals surface area contributed by atoms with Crippen LogP contribution in [0.5, 0.6) is 5.75 Å². The number of carbonyl (C=O) groups excluding carboxylic acids is 1. The number of carbonyl (C=O) groups is 1. The lowest BCUT2D eigenvalue weighted by molar-refractivity contribution is -0.0498. The summed E-state index contributed by atoms with van der Waals surface area (Å²) in [7, 11) is 0. The molecule has 1 amide bonds. The van der Waals surface area contributed by atoms with E-state index >= 15 is 0 Å². The lowest BCUT2D eigenvalue weighted by atomic mass is 10.0. The van der Waals surface area contributed by atoms with Gasteiger partial charge in [0.2, 0.25) is 5.89 Å². The molecule has 0 aliphatic rings. The van der Waals surface area contributed by atoms with Crippen LogP contribution in [-0.2, 0) is 0 Å². The normalized spacial score (nSPS) is 12.5. The van der Waals surface area contributed by atoms with Gasteiger partial charge >= 0.3 is 6.61 Å². The first-order valence-electron chi connectivity index (χ1n) is 8.63. The minimum Gasteiger partial charge on any atom is -0.438 e. The molecule has 3 aromatic rings. The van der Waals surface area contributed by atoms with Crippen LogP contribution in [0, 0.1) is 5.92 Å². The van der Waals surface area contributed by atoms with Gasteiger partial charge in [0.15, 0.2) is 5.58 Å². The molecule has 0 saturated heterocycles. The molecule has 0 aliphatic heterocycles. The smallest absolute Gasteiger partial charge is 0.387 e. The number of oxazole rings is 1. The van der Waals surface area contributed by atoms with Gasteiger partial charge in [-0.3, -0.25) is 4.79 Å². The van der Waals surface area contributed by atoms with Gasteiger partial charge in [0.1, 0.15) is 17.3 Å². The third-order valence-corrected chi connectivity index (χ3v) is 3.94. The number of benzene rings is 2. The molecule has 3 rings (SSSR count). The van der Waals surface area contributed by atoms with E-state index in [0.29, 0.717) is 23.4 Å². The zero-order valence-corrected chi connectivity index (χ0v) is 15.0. The number of halogens is 2. The molecule has 2 aromatic carbocycles. The van der Waals surface area contributed by atoms with Gasteiger partial charge in [-0.1, -0.05) is 32.0 Å². The molecule has 0 saturated carbocycles. The Morgan fingerprint density at radius 2 is 1.96 bits per heavy atom. The van der Waals surface area contributed by atoms with Crippen molar-refractivity contribution in [3.05, 3.63) is 60.0 Å². The van der Waals surface area contributed by atoms with Crippen molar-refractivity contribution in [2.24, 2.45) is 5.92 Å². The zero-order chi connectivity index (χ0) is 19.4.